The van der Waals surface area contributed by atoms with E-state index in [1.807, 2.05) is 0 Å². The van der Waals surface area contributed by atoms with Crippen molar-refractivity contribution in [2.24, 2.45) is 23.7 Å². The second-order valence-corrected chi connectivity index (χ2v) is 29.2. The fourth-order valence-corrected chi connectivity index (χ4v) is 21.9. The van der Waals surface area contributed by atoms with E-state index >= 15 is 0 Å². The molecule has 2 aromatic rings. The SMILES string of the molecule is CCC1CC2C(c3ccc(C(C)(C)C)cc3)=C(C)SC2C1[Si](C)(C)C1C(CC)CC2C(c3ccc(C(C)(C)C)cc3)=C(C)SC21.[CH3-].[CH3-].[Cl][Zr+2][Cl]. The predicted octanol–water partition coefficient (Wildman–Crippen LogP) is 15.5. The molecule has 0 nitrogen and oxygen atoms in total. The van der Waals surface area contributed by atoms with Crippen LogP contribution in [0.25, 0.3) is 11.1 Å². The van der Waals surface area contributed by atoms with Crippen molar-refractivity contribution in [2.45, 2.75) is 140 Å². The van der Waals surface area contributed by atoms with Gasteiger partial charge in [-0.25, -0.2) is 0 Å². The van der Waals surface area contributed by atoms with E-state index in [1.165, 1.54) is 47.9 Å². The molecular formula is C44H66Cl2S2SiZr. The van der Waals surface area contributed by atoms with E-state index in [0.717, 1.165) is 45.3 Å². The van der Waals surface area contributed by atoms with Gasteiger partial charge in [-0.05, 0) is 115 Å². The molecule has 6 rings (SSSR count). The van der Waals surface area contributed by atoms with Crippen LogP contribution >= 0.6 is 40.5 Å². The topological polar surface area (TPSA) is 0 Å². The van der Waals surface area contributed by atoms with Gasteiger partial charge in [0.25, 0.3) is 0 Å². The van der Waals surface area contributed by atoms with E-state index in [2.05, 4.69) is 154 Å². The molecular weight excluding hydrogens is 783 g/mol. The number of benzene rings is 2. The minimum absolute atomic E-state index is 0. The predicted molar refractivity (Wildman–Crippen MR) is 232 cm³/mol. The summed E-state index contributed by atoms with van der Waals surface area (Å²) in [6, 6.07) is 19.4. The third-order valence-corrected chi connectivity index (χ3v) is 21.2. The first kappa shape index (κ1) is 44.7. The van der Waals surface area contributed by atoms with Crippen LogP contribution in [0.2, 0.25) is 24.2 Å². The van der Waals surface area contributed by atoms with E-state index in [-0.39, 0.29) is 25.7 Å². The summed E-state index contributed by atoms with van der Waals surface area (Å²) in [4.78, 5) is 3.23. The van der Waals surface area contributed by atoms with Gasteiger partial charge >= 0.3 is 37.9 Å². The molecule has 2 saturated carbocycles. The Morgan fingerprint density at radius 2 is 0.940 bits per heavy atom. The van der Waals surface area contributed by atoms with E-state index in [0.29, 0.717) is 0 Å². The molecule has 4 aliphatic rings. The van der Waals surface area contributed by atoms with Crippen LogP contribution in [0.4, 0.5) is 0 Å². The first-order valence-electron chi connectivity index (χ1n) is 18.4. The van der Waals surface area contributed by atoms with E-state index in [9.17, 15) is 0 Å². The zero-order chi connectivity index (χ0) is 35.3. The van der Waals surface area contributed by atoms with Crippen LogP contribution in [0, 0.1) is 38.5 Å². The molecule has 0 radical (unpaired) electrons. The molecule has 8 atom stereocenters. The molecule has 2 fully saturated rings. The van der Waals surface area contributed by atoms with Gasteiger partial charge < -0.3 is 14.9 Å². The zero-order valence-corrected chi connectivity index (χ0v) is 40.2. The van der Waals surface area contributed by atoms with Gasteiger partial charge in [0.15, 0.2) is 0 Å². The van der Waals surface area contributed by atoms with Gasteiger partial charge in [-0.1, -0.05) is 130 Å². The fourth-order valence-electron chi connectivity index (χ4n) is 10.4. The molecule has 0 saturated heterocycles. The summed E-state index contributed by atoms with van der Waals surface area (Å²) >= 11 is 3.76. The van der Waals surface area contributed by atoms with Crippen LogP contribution in [0.3, 0.4) is 0 Å². The monoisotopic (exact) mass is 846 g/mol. The second kappa shape index (κ2) is 17.4. The quantitative estimate of drug-likeness (QED) is 0.210. The van der Waals surface area contributed by atoms with E-state index < -0.39 is 28.9 Å². The van der Waals surface area contributed by atoms with Crippen LogP contribution in [0.5, 0.6) is 0 Å². The molecule has 2 aliphatic heterocycles. The molecule has 2 aliphatic carbocycles. The molecule has 0 amide bonds. The summed E-state index contributed by atoms with van der Waals surface area (Å²) in [6.45, 7) is 29.6. The number of fused-ring (bicyclic) bond motifs is 2. The van der Waals surface area contributed by atoms with Crippen LogP contribution in [-0.2, 0) is 31.7 Å². The number of rotatable bonds is 6. The molecule has 50 heavy (non-hydrogen) atoms. The van der Waals surface area contributed by atoms with Gasteiger partial charge in [-0.2, -0.15) is 0 Å². The Morgan fingerprint density at radius 3 is 1.20 bits per heavy atom. The Balaban J connectivity index is 0.00000131. The van der Waals surface area contributed by atoms with Gasteiger partial charge in [0.1, 0.15) is 0 Å². The van der Waals surface area contributed by atoms with Gasteiger partial charge in [0, 0.05) is 10.5 Å². The van der Waals surface area contributed by atoms with Crippen LogP contribution in [0.1, 0.15) is 117 Å². The Labute approximate surface area is 337 Å². The maximum absolute atomic E-state index is 4.93. The summed E-state index contributed by atoms with van der Waals surface area (Å²) in [5.74, 6) is 3.19. The Hall–Kier alpha value is 0.300. The van der Waals surface area contributed by atoms with Gasteiger partial charge in [0.05, 0.1) is 8.07 Å². The van der Waals surface area contributed by atoms with E-state index in [1.54, 1.807) is 21.0 Å². The van der Waals surface area contributed by atoms with Gasteiger partial charge in [0.2, 0.25) is 0 Å². The molecule has 276 valence electrons. The average molecular weight is 849 g/mol. The normalized spacial score (nSPS) is 29.1. The number of hydrogen-bond donors (Lipinski definition) is 0. The summed E-state index contributed by atoms with van der Waals surface area (Å²) in [5, 5.41) is 1.55. The van der Waals surface area contributed by atoms with Crippen molar-refractivity contribution < 1.29 is 20.8 Å². The summed E-state index contributed by atoms with van der Waals surface area (Å²) in [7, 11) is 8.21. The van der Waals surface area contributed by atoms with Crippen LogP contribution in [-0.4, -0.2) is 18.6 Å². The Bertz CT molecular complexity index is 1390. The average Bonchev–Trinajstić information content (AvgIpc) is 3.73. The summed E-state index contributed by atoms with van der Waals surface area (Å²) in [5.41, 5.74) is 11.5. The van der Waals surface area contributed by atoms with Gasteiger partial charge in [-0.15, -0.1) is 23.5 Å². The fraction of sp³-hybridized carbons (Fsp3) is 0.591. The number of halogens is 2. The zero-order valence-electron chi connectivity index (χ0n) is 33.6. The van der Waals surface area contributed by atoms with Crippen LogP contribution < -0.4 is 0 Å². The first-order chi connectivity index (χ1) is 22.5. The van der Waals surface area contributed by atoms with Crippen molar-refractivity contribution in [1.82, 2.24) is 0 Å². The molecule has 0 spiro atoms. The summed E-state index contributed by atoms with van der Waals surface area (Å²) in [6.07, 6.45) is 5.49. The molecule has 2 aromatic carbocycles. The third-order valence-electron chi connectivity index (χ3n) is 12.6. The number of allylic oxidation sites excluding steroid dienone is 4. The van der Waals surface area contributed by atoms with Gasteiger partial charge in [-0.3, -0.25) is 0 Å². The standard InChI is InChI=1S/C42H60S2Si.2CH3.2ClH.Zr/c1-13-27-23-33-35(29-15-19-31(20-16-29)41(5,6)7)25(3)43-37(33)39(27)45(11,12)40-28(14-2)24-34-36(26(4)44-38(34)40)30-17-21-32(22-18-30)42(8,9)10;;;;;/h15-22,27-28,33-34,37-40H,13-14,23-24H2,1-12H3;2*1H3;2*1H;/q;2*-1;;;+4/p-2. The first-order valence-corrected chi connectivity index (χ1v) is 29.7. The van der Waals surface area contributed by atoms with Crippen molar-refractivity contribution in [3.63, 3.8) is 0 Å². The van der Waals surface area contributed by atoms with Crippen molar-refractivity contribution in [3.8, 4) is 0 Å². The molecule has 0 bridgehead atoms. The molecule has 6 heteroatoms. The summed E-state index contributed by atoms with van der Waals surface area (Å²) < 4.78 is 0. The van der Waals surface area contributed by atoms with Crippen molar-refractivity contribution in [2.75, 3.05) is 0 Å². The van der Waals surface area contributed by atoms with Crippen molar-refractivity contribution in [3.05, 3.63) is 95.4 Å². The number of thioether (sulfide) groups is 2. The molecule has 2 heterocycles. The Morgan fingerprint density at radius 1 is 0.640 bits per heavy atom. The maximum atomic E-state index is 4.93. The van der Waals surface area contributed by atoms with Crippen molar-refractivity contribution in [1.29, 1.82) is 0 Å². The van der Waals surface area contributed by atoms with Crippen molar-refractivity contribution >= 4 is 59.8 Å². The molecule has 0 N–H and O–H groups in total. The third kappa shape index (κ3) is 8.57. The van der Waals surface area contributed by atoms with Crippen LogP contribution in [0.15, 0.2) is 58.3 Å². The van der Waals surface area contributed by atoms with E-state index in [4.69, 9.17) is 17.0 Å². The second-order valence-electron chi connectivity index (χ2n) is 17.7. The minimum atomic E-state index is -1.66. The number of hydrogen-bond acceptors (Lipinski definition) is 2. The Kier molecular flexibility index (Phi) is 15.6. The molecule has 0 aromatic heterocycles. The molecule has 8 unspecified atom stereocenters.